The average molecular weight is 337 g/mol. The molecule has 6 heteroatoms. The van der Waals surface area contributed by atoms with Crippen molar-refractivity contribution in [1.29, 1.82) is 0 Å². The first-order valence-corrected chi connectivity index (χ1v) is 8.40. The second-order valence-electron chi connectivity index (χ2n) is 6.22. The molecule has 0 bridgehead atoms. The molecule has 1 aliphatic heterocycles. The van der Waals surface area contributed by atoms with Crippen LogP contribution in [0.15, 0.2) is 18.2 Å². The molecule has 2 fully saturated rings. The number of halogens is 1. The number of amides is 2. The zero-order valence-corrected chi connectivity index (χ0v) is 13.9. The molecule has 0 aromatic heterocycles. The fraction of sp³-hybridized carbons (Fsp3) is 0.529. The Balaban J connectivity index is 1.62. The maximum atomic E-state index is 12.4. The van der Waals surface area contributed by atoms with Crippen LogP contribution >= 0.6 is 11.6 Å². The summed E-state index contributed by atoms with van der Waals surface area (Å²) in [5, 5.41) is 3.29. The monoisotopic (exact) mass is 336 g/mol. The van der Waals surface area contributed by atoms with E-state index in [0.29, 0.717) is 35.5 Å². The van der Waals surface area contributed by atoms with Gasteiger partial charge >= 0.3 is 0 Å². The van der Waals surface area contributed by atoms with E-state index in [2.05, 4.69) is 5.32 Å². The van der Waals surface area contributed by atoms with E-state index in [1.165, 1.54) is 12.8 Å². The van der Waals surface area contributed by atoms with Crippen LogP contribution in [-0.4, -0.2) is 36.4 Å². The molecule has 1 heterocycles. The molecule has 5 nitrogen and oxygen atoms in total. The van der Waals surface area contributed by atoms with Gasteiger partial charge in [-0.3, -0.25) is 9.59 Å². The van der Waals surface area contributed by atoms with Crippen molar-refractivity contribution < 1.29 is 14.3 Å². The first-order chi connectivity index (χ1) is 11.1. The van der Waals surface area contributed by atoms with E-state index in [0.717, 1.165) is 12.8 Å². The number of benzene rings is 1. The van der Waals surface area contributed by atoms with Gasteiger partial charge in [0.15, 0.2) is 0 Å². The summed E-state index contributed by atoms with van der Waals surface area (Å²) in [6.07, 6.45) is 4.78. The Kier molecular flexibility index (Phi) is 4.76. The lowest BCUT2D eigenvalue weighted by molar-refractivity contribution is -0.129. The van der Waals surface area contributed by atoms with Crippen LogP contribution < -0.4 is 10.1 Å². The average Bonchev–Trinajstić information content (AvgIpc) is 3.16. The van der Waals surface area contributed by atoms with Gasteiger partial charge in [-0.15, -0.1) is 0 Å². The number of hydrogen-bond donors (Lipinski definition) is 1. The van der Waals surface area contributed by atoms with E-state index < -0.39 is 0 Å². The first kappa shape index (κ1) is 16.1. The van der Waals surface area contributed by atoms with Gasteiger partial charge in [0, 0.05) is 24.7 Å². The number of carbonyl (C=O) groups excluding carboxylic acids is 2. The van der Waals surface area contributed by atoms with Gasteiger partial charge in [0.2, 0.25) is 11.8 Å². The summed E-state index contributed by atoms with van der Waals surface area (Å²) in [5.74, 6) is 0.252. The molecule has 1 aromatic rings. The normalized spacial score (nSPS) is 21.7. The van der Waals surface area contributed by atoms with E-state index in [1.54, 1.807) is 25.3 Å². The second-order valence-corrected chi connectivity index (χ2v) is 6.63. The molecule has 1 N–H and O–H groups in total. The molecule has 1 aliphatic carbocycles. The van der Waals surface area contributed by atoms with Crippen molar-refractivity contribution in [2.45, 2.75) is 38.1 Å². The molecule has 1 unspecified atom stereocenters. The largest absolute Gasteiger partial charge is 0.495 e. The lowest BCUT2D eigenvalue weighted by atomic mass is 10.1. The standard InChI is InChI=1S/C17H21ClN2O3/c1-23-15-7-6-12(9-14(15)18)19-17(22)11-8-16(21)20(10-11)13-4-2-3-5-13/h6-7,9,11,13H,2-5,8,10H2,1H3,(H,19,22). The van der Waals surface area contributed by atoms with Crippen LogP contribution in [0, 0.1) is 5.92 Å². The summed E-state index contributed by atoms with van der Waals surface area (Å²) in [4.78, 5) is 26.5. The SMILES string of the molecule is COc1ccc(NC(=O)C2CC(=O)N(C3CCCC3)C2)cc1Cl. The summed E-state index contributed by atoms with van der Waals surface area (Å²) in [7, 11) is 1.54. The zero-order chi connectivity index (χ0) is 16.4. The van der Waals surface area contributed by atoms with Gasteiger partial charge in [-0.1, -0.05) is 24.4 Å². The number of rotatable bonds is 4. The number of nitrogens with zero attached hydrogens (tertiary/aromatic N) is 1. The van der Waals surface area contributed by atoms with Crippen molar-refractivity contribution in [2.24, 2.45) is 5.92 Å². The summed E-state index contributed by atoms with van der Waals surface area (Å²) in [6, 6.07) is 5.44. The van der Waals surface area contributed by atoms with E-state index in [1.807, 2.05) is 4.90 Å². The number of carbonyl (C=O) groups is 2. The minimum absolute atomic E-state index is 0.102. The summed E-state index contributed by atoms with van der Waals surface area (Å²) in [6.45, 7) is 0.527. The van der Waals surface area contributed by atoms with Crippen molar-refractivity contribution in [3.05, 3.63) is 23.2 Å². The smallest absolute Gasteiger partial charge is 0.229 e. The van der Waals surface area contributed by atoms with Gasteiger partial charge < -0.3 is 15.0 Å². The lowest BCUT2D eigenvalue weighted by Crippen LogP contribution is -2.35. The van der Waals surface area contributed by atoms with Crippen molar-refractivity contribution in [1.82, 2.24) is 4.90 Å². The quantitative estimate of drug-likeness (QED) is 0.919. The van der Waals surface area contributed by atoms with Crippen LogP contribution in [0.3, 0.4) is 0 Å². The molecule has 0 radical (unpaired) electrons. The highest BCUT2D eigenvalue weighted by Gasteiger charge is 2.38. The summed E-state index contributed by atoms with van der Waals surface area (Å²) in [5.41, 5.74) is 0.618. The highest BCUT2D eigenvalue weighted by Crippen LogP contribution is 2.31. The molecule has 1 atom stereocenters. The number of likely N-dealkylation sites (tertiary alicyclic amines) is 1. The fourth-order valence-corrected chi connectivity index (χ4v) is 3.72. The minimum Gasteiger partial charge on any atom is -0.495 e. The fourth-order valence-electron chi connectivity index (χ4n) is 3.46. The molecular weight excluding hydrogens is 316 g/mol. The van der Waals surface area contributed by atoms with Gasteiger partial charge in [0.1, 0.15) is 5.75 Å². The highest BCUT2D eigenvalue weighted by atomic mass is 35.5. The van der Waals surface area contributed by atoms with Gasteiger partial charge in [-0.25, -0.2) is 0 Å². The second kappa shape index (κ2) is 6.79. The molecule has 3 rings (SSSR count). The Bertz CT molecular complexity index is 614. The first-order valence-electron chi connectivity index (χ1n) is 8.02. The van der Waals surface area contributed by atoms with Crippen LogP contribution in [0.25, 0.3) is 0 Å². The Labute approximate surface area is 140 Å². The third-order valence-corrected chi connectivity index (χ3v) is 5.01. The molecule has 124 valence electrons. The van der Waals surface area contributed by atoms with Crippen LogP contribution in [0.5, 0.6) is 5.75 Å². The summed E-state index contributed by atoms with van der Waals surface area (Å²) < 4.78 is 5.09. The van der Waals surface area contributed by atoms with Crippen LogP contribution in [-0.2, 0) is 9.59 Å². The Morgan fingerprint density at radius 3 is 2.74 bits per heavy atom. The third-order valence-electron chi connectivity index (χ3n) is 4.71. The number of hydrogen-bond acceptors (Lipinski definition) is 3. The van der Waals surface area contributed by atoms with E-state index in [9.17, 15) is 9.59 Å². The van der Waals surface area contributed by atoms with Crippen LogP contribution in [0.4, 0.5) is 5.69 Å². The van der Waals surface area contributed by atoms with Gasteiger partial charge in [-0.05, 0) is 31.0 Å². The minimum atomic E-state index is -0.288. The van der Waals surface area contributed by atoms with Gasteiger partial charge in [0.25, 0.3) is 0 Å². The molecule has 1 aromatic carbocycles. The van der Waals surface area contributed by atoms with Crippen molar-refractivity contribution in [3.8, 4) is 5.75 Å². The maximum Gasteiger partial charge on any atom is 0.229 e. The Hall–Kier alpha value is -1.75. The number of anilines is 1. The number of ether oxygens (including phenoxy) is 1. The van der Waals surface area contributed by atoms with Crippen molar-refractivity contribution >= 4 is 29.1 Å². The Morgan fingerprint density at radius 2 is 2.09 bits per heavy atom. The molecule has 2 aliphatic rings. The summed E-state index contributed by atoms with van der Waals surface area (Å²) >= 11 is 6.07. The van der Waals surface area contributed by atoms with E-state index >= 15 is 0 Å². The zero-order valence-electron chi connectivity index (χ0n) is 13.2. The molecule has 2 amide bonds. The molecule has 0 spiro atoms. The lowest BCUT2D eigenvalue weighted by Gasteiger charge is -2.23. The molecule has 1 saturated heterocycles. The van der Waals surface area contributed by atoms with Crippen molar-refractivity contribution in [3.63, 3.8) is 0 Å². The third kappa shape index (κ3) is 3.44. The highest BCUT2D eigenvalue weighted by molar-refractivity contribution is 6.32. The van der Waals surface area contributed by atoms with Gasteiger partial charge in [-0.2, -0.15) is 0 Å². The van der Waals surface area contributed by atoms with Crippen molar-refractivity contribution in [2.75, 3.05) is 19.0 Å². The van der Waals surface area contributed by atoms with E-state index in [-0.39, 0.29) is 17.7 Å². The van der Waals surface area contributed by atoms with Crippen LogP contribution in [0.2, 0.25) is 5.02 Å². The maximum absolute atomic E-state index is 12.4. The molecule has 1 saturated carbocycles. The number of methoxy groups -OCH3 is 1. The van der Waals surface area contributed by atoms with Gasteiger partial charge in [0.05, 0.1) is 18.1 Å². The predicted molar refractivity (Wildman–Crippen MR) is 88.7 cm³/mol. The predicted octanol–water partition coefficient (Wildman–Crippen LogP) is 3.08. The van der Waals surface area contributed by atoms with Crippen LogP contribution in [0.1, 0.15) is 32.1 Å². The molecular formula is C17H21ClN2O3. The topological polar surface area (TPSA) is 58.6 Å². The Morgan fingerprint density at radius 1 is 1.35 bits per heavy atom. The molecule has 23 heavy (non-hydrogen) atoms. The van der Waals surface area contributed by atoms with E-state index in [4.69, 9.17) is 16.3 Å². The number of nitrogens with one attached hydrogen (secondary N) is 1.